The standard InChI is InChI=1S/C15H22N6O/c1-22-14-7-8-20(13(9-14)10-16)11-15-17-18-19-21(15)12-5-3-2-4-6-12/h2-6,13-14H,7-11,16H2,1H3. The van der Waals surface area contributed by atoms with Gasteiger partial charge in [-0.2, -0.15) is 4.68 Å². The number of hydrogen-bond donors (Lipinski definition) is 1. The third-order valence-electron chi connectivity index (χ3n) is 4.27. The lowest BCUT2D eigenvalue weighted by molar-refractivity contribution is 0.00907. The van der Waals surface area contributed by atoms with Crippen molar-refractivity contribution in [2.45, 2.75) is 31.5 Å². The van der Waals surface area contributed by atoms with Crippen molar-refractivity contribution < 1.29 is 4.74 Å². The molecule has 118 valence electrons. The van der Waals surface area contributed by atoms with Gasteiger partial charge in [-0.25, -0.2) is 0 Å². The van der Waals surface area contributed by atoms with Gasteiger partial charge >= 0.3 is 0 Å². The van der Waals surface area contributed by atoms with Gasteiger partial charge in [0.15, 0.2) is 5.82 Å². The number of nitrogens with zero attached hydrogens (tertiary/aromatic N) is 5. The quantitative estimate of drug-likeness (QED) is 0.871. The summed E-state index contributed by atoms with van der Waals surface area (Å²) in [5, 5.41) is 12.1. The average Bonchev–Trinajstić information content (AvgIpc) is 3.04. The maximum atomic E-state index is 5.93. The van der Waals surface area contributed by atoms with E-state index in [1.165, 1.54) is 0 Å². The molecule has 2 N–H and O–H groups in total. The highest BCUT2D eigenvalue weighted by atomic mass is 16.5. The summed E-state index contributed by atoms with van der Waals surface area (Å²) in [5.41, 5.74) is 6.90. The predicted octanol–water partition coefficient (Wildman–Crippen LogP) is 0.600. The van der Waals surface area contributed by atoms with Crippen LogP contribution in [-0.4, -0.2) is 57.5 Å². The smallest absolute Gasteiger partial charge is 0.170 e. The van der Waals surface area contributed by atoms with E-state index in [1.54, 1.807) is 11.8 Å². The maximum absolute atomic E-state index is 5.93. The molecule has 2 atom stereocenters. The fourth-order valence-electron chi connectivity index (χ4n) is 2.99. The van der Waals surface area contributed by atoms with Crippen LogP contribution >= 0.6 is 0 Å². The molecule has 2 aromatic rings. The molecule has 1 saturated heterocycles. The monoisotopic (exact) mass is 302 g/mol. The molecule has 2 unspecified atom stereocenters. The molecule has 0 spiro atoms. The summed E-state index contributed by atoms with van der Waals surface area (Å²) in [7, 11) is 1.77. The van der Waals surface area contributed by atoms with Gasteiger partial charge in [-0.15, -0.1) is 5.10 Å². The van der Waals surface area contributed by atoms with Crippen LogP contribution in [0, 0.1) is 0 Å². The Balaban J connectivity index is 1.75. The summed E-state index contributed by atoms with van der Waals surface area (Å²) < 4.78 is 7.26. The Kier molecular flexibility index (Phi) is 4.77. The second kappa shape index (κ2) is 6.95. The van der Waals surface area contributed by atoms with E-state index < -0.39 is 0 Å². The highest BCUT2D eigenvalue weighted by molar-refractivity contribution is 5.30. The summed E-state index contributed by atoms with van der Waals surface area (Å²) in [6.07, 6.45) is 2.27. The van der Waals surface area contributed by atoms with Crippen molar-refractivity contribution in [2.75, 3.05) is 20.2 Å². The number of hydrogen-bond acceptors (Lipinski definition) is 6. The summed E-state index contributed by atoms with van der Waals surface area (Å²) in [6, 6.07) is 10.2. The fraction of sp³-hybridized carbons (Fsp3) is 0.533. The Morgan fingerprint density at radius 3 is 2.86 bits per heavy atom. The number of ether oxygens (including phenoxy) is 1. The third kappa shape index (κ3) is 3.16. The first-order chi connectivity index (χ1) is 10.8. The van der Waals surface area contributed by atoms with Crippen LogP contribution in [0.3, 0.4) is 0 Å². The Hall–Kier alpha value is -1.83. The Morgan fingerprint density at radius 1 is 1.32 bits per heavy atom. The summed E-state index contributed by atoms with van der Waals surface area (Å²) in [4.78, 5) is 2.35. The van der Waals surface area contributed by atoms with Crippen molar-refractivity contribution in [2.24, 2.45) is 5.73 Å². The first-order valence-electron chi connectivity index (χ1n) is 7.61. The van der Waals surface area contributed by atoms with Gasteiger partial charge in [-0.3, -0.25) is 4.90 Å². The molecule has 22 heavy (non-hydrogen) atoms. The fourth-order valence-corrected chi connectivity index (χ4v) is 2.99. The number of likely N-dealkylation sites (tertiary alicyclic amines) is 1. The lowest BCUT2D eigenvalue weighted by atomic mass is 9.99. The molecule has 0 saturated carbocycles. The number of tetrazole rings is 1. The van der Waals surface area contributed by atoms with Crippen molar-refractivity contribution in [3.63, 3.8) is 0 Å². The molecule has 1 aromatic heterocycles. The van der Waals surface area contributed by atoms with Gasteiger partial charge in [0.25, 0.3) is 0 Å². The zero-order valence-corrected chi connectivity index (χ0v) is 12.8. The number of aromatic nitrogens is 4. The number of benzene rings is 1. The minimum Gasteiger partial charge on any atom is -0.381 e. The number of methoxy groups -OCH3 is 1. The minimum absolute atomic E-state index is 0.301. The van der Waals surface area contributed by atoms with E-state index in [0.29, 0.717) is 25.2 Å². The van der Waals surface area contributed by atoms with Crippen molar-refractivity contribution >= 4 is 0 Å². The first-order valence-corrected chi connectivity index (χ1v) is 7.61. The summed E-state index contributed by atoms with van der Waals surface area (Å²) in [6.45, 7) is 2.26. The van der Waals surface area contributed by atoms with Crippen molar-refractivity contribution in [1.29, 1.82) is 0 Å². The molecule has 7 heteroatoms. The zero-order valence-electron chi connectivity index (χ0n) is 12.8. The SMILES string of the molecule is COC1CCN(Cc2nnnn2-c2ccccc2)C(CN)C1. The average molecular weight is 302 g/mol. The normalized spacial score (nSPS) is 22.8. The van der Waals surface area contributed by atoms with Gasteiger partial charge in [0.1, 0.15) is 0 Å². The maximum Gasteiger partial charge on any atom is 0.170 e. The van der Waals surface area contributed by atoms with Crippen molar-refractivity contribution in [1.82, 2.24) is 25.1 Å². The van der Waals surface area contributed by atoms with Crippen molar-refractivity contribution in [3.05, 3.63) is 36.2 Å². The molecule has 7 nitrogen and oxygen atoms in total. The predicted molar refractivity (Wildman–Crippen MR) is 82.4 cm³/mol. The second-order valence-electron chi connectivity index (χ2n) is 5.58. The topological polar surface area (TPSA) is 82.1 Å². The molecule has 0 amide bonds. The lowest BCUT2D eigenvalue weighted by Crippen LogP contribution is -2.48. The molecule has 3 rings (SSSR count). The van der Waals surface area contributed by atoms with Gasteiger partial charge in [0.2, 0.25) is 0 Å². The van der Waals surface area contributed by atoms with E-state index in [1.807, 2.05) is 30.3 Å². The van der Waals surface area contributed by atoms with Crippen LogP contribution in [0.5, 0.6) is 0 Å². The first kappa shape index (κ1) is 15.1. The molecular weight excluding hydrogens is 280 g/mol. The van der Waals surface area contributed by atoms with Crippen LogP contribution in [0.4, 0.5) is 0 Å². The van der Waals surface area contributed by atoms with E-state index in [-0.39, 0.29) is 0 Å². The van der Waals surface area contributed by atoms with Gasteiger partial charge in [-0.05, 0) is 35.4 Å². The van der Waals surface area contributed by atoms with Crippen molar-refractivity contribution in [3.8, 4) is 5.69 Å². The lowest BCUT2D eigenvalue weighted by Gasteiger charge is -2.37. The molecule has 1 aliphatic rings. The largest absolute Gasteiger partial charge is 0.381 e. The molecular formula is C15H22N6O. The number of nitrogens with two attached hydrogens (primary N) is 1. The summed E-state index contributed by atoms with van der Waals surface area (Å²) in [5.74, 6) is 0.834. The van der Waals surface area contributed by atoms with E-state index >= 15 is 0 Å². The Bertz CT molecular complexity index is 587. The van der Waals surface area contributed by atoms with E-state index in [4.69, 9.17) is 10.5 Å². The molecule has 1 aliphatic heterocycles. The zero-order chi connectivity index (χ0) is 15.4. The van der Waals surface area contributed by atoms with Crippen LogP contribution < -0.4 is 5.73 Å². The van der Waals surface area contributed by atoms with Crippen LogP contribution in [0.15, 0.2) is 30.3 Å². The third-order valence-corrected chi connectivity index (χ3v) is 4.27. The number of rotatable bonds is 5. The minimum atomic E-state index is 0.301. The Labute approximate surface area is 130 Å². The number of piperidine rings is 1. The van der Waals surface area contributed by atoms with Crippen LogP contribution in [0.2, 0.25) is 0 Å². The van der Waals surface area contributed by atoms with Gasteiger partial charge in [-0.1, -0.05) is 18.2 Å². The highest BCUT2D eigenvalue weighted by Gasteiger charge is 2.28. The molecule has 0 bridgehead atoms. The van der Waals surface area contributed by atoms with E-state index in [2.05, 4.69) is 20.4 Å². The summed E-state index contributed by atoms with van der Waals surface area (Å²) >= 11 is 0. The number of para-hydroxylation sites is 1. The second-order valence-corrected chi connectivity index (χ2v) is 5.58. The highest BCUT2D eigenvalue weighted by Crippen LogP contribution is 2.21. The van der Waals surface area contributed by atoms with Gasteiger partial charge in [0, 0.05) is 26.2 Å². The Morgan fingerprint density at radius 2 is 2.14 bits per heavy atom. The van der Waals surface area contributed by atoms with Crippen LogP contribution in [-0.2, 0) is 11.3 Å². The molecule has 2 heterocycles. The van der Waals surface area contributed by atoms with Gasteiger partial charge in [0.05, 0.1) is 18.3 Å². The van der Waals surface area contributed by atoms with E-state index in [0.717, 1.165) is 30.9 Å². The molecule has 0 radical (unpaired) electrons. The molecule has 1 aromatic carbocycles. The van der Waals surface area contributed by atoms with E-state index in [9.17, 15) is 0 Å². The molecule has 0 aliphatic carbocycles. The van der Waals surface area contributed by atoms with Crippen LogP contribution in [0.25, 0.3) is 5.69 Å². The van der Waals surface area contributed by atoms with Crippen LogP contribution in [0.1, 0.15) is 18.7 Å². The molecule has 1 fully saturated rings. The van der Waals surface area contributed by atoms with Gasteiger partial charge < -0.3 is 10.5 Å².